The molecular weight excluding hydrogens is 386 g/mol. The maximum absolute atomic E-state index is 12.4. The van der Waals surface area contributed by atoms with Gasteiger partial charge in [-0.15, -0.1) is 0 Å². The molecule has 7 heteroatoms. The van der Waals surface area contributed by atoms with Gasteiger partial charge >= 0.3 is 11.9 Å². The predicted molar refractivity (Wildman–Crippen MR) is 106 cm³/mol. The van der Waals surface area contributed by atoms with Gasteiger partial charge < -0.3 is 14.6 Å². The van der Waals surface area contributed by atoms with Crippen LogP contribution >= 0.6 is 0 Å². The molecule has 0 aromatic heterocycles. The lowest BCUT2D eigenvalue weighted by atomic mass is 9.85. The number of carbonyl (C=O) groups is 3. The standard InChI is InChI=1S/C23H21NO6/c25-19-14-20-24(19)23(22(27)28,15-17-9-5-2-6-10-17)18(30-20)11-12-29-21(26)13-16-7-3-1-4-8-16/h1-11,20H,12-15H2,(H,27,28)/b18-11-/t20-,23-/m1/s1. The maximum Gasteiger partial charge on any atom is 0.338 e. The lowest BCUT2D eigenvalue weighted by Crippen LogP contribution is -2.63. The highest BCUT2D eigenvalue weighted by Gasteiger charge is 2.64. The quantitative estimate of drug-likeness (QED) is 0.559. The maximum atomic E-state index is 12.4. The van der Waals surface area contributed by atoms with Gasteiger partial charge in [-0.3, -0.25) is 14.5 Å². The molecule has 0 radical (unpaired) electrons. The molecule has 2 aliphatic rings. The first-order valence-corrected chi connectivity index (χ1v) is 9.67. The first-order valence-electron chi connectivity index (χ1n) is 9.67. The molecule has 2 atom stereocenters. The van der Waals surface area contributed by atoms with Gasteiger partial charge in [-0.2, -0.15) is 0 Å². The van der Waals surface area contributed by atoms with Crippen LogP contribution in [0.1, 0.15) is 17.5 Å². The molecule has 2 aliphatic heterocycles. The Labute approximate surface area is 173 Å². The molecule has 2 saturated heterocycles. The first-order chi connectivity index (χ1) is 14.5. The van der Waals surface area contributed by atoms with E-state index >= 15 is 0 Å². The van der Waals surface area contributed by atoms with E-state index in [4.69, 9.17) is 9.47 Å². The molecule has 0 bridgehead atoms. The number of fused-ring (bicyclic) bond motifs is 1. The second-order valence-corrected chi connectivity index (χ2v) is 7.28. The molecule has 154 valence electrons. The van der Waals surface area contributed by atoms with Crippen molar-refractivity contribution in [2.75, 3.05) is 6.61 Å². The summed E-state index contributed by atoms with van der Waals surface area (Å²) in [7, 11) is 0. The van der Waals surface area contributed by atoms with Crippen LogP contribution in [0.15, 0.2) is 72.5 Å². The lowest BCUT2D eigenvalue weighted by molar-refractivity contribution is -0.170. The van der Waals surface area contributed by atoms with Crippen LogP contribution in [0.2, 0.25) is 0 Å². The van der Waals surface area contributed by atoms with Crippen LogP contribution in [0.5, 0.6) is 0 Å². The van der Waals surface area contributed by atoms with Crippen molar-refractivity contribution < 1.29 is 29.0 Å². The average Bonchev–Trinajstić information content (AvgIpc) is 2.98. The van der Waals surface area contributed by atoms with Crippen LogP contribution in [0.25, 0.3) is 0 Å². The summed E-state index contributed by atoms with van der Waals surface area (Å²) in [6.45, 7) is -0.139. The molecule has 4 rings (SSSR count). The zero-order valence-corrected chi connectivity index (χ0v) is 16.2. The fourth-order valence-electron chi connectivity index (χ4n) is 3.89. The molecule has 2 fully saturated rings. The van der Waals surface area contributed by atoms with E-state index in [9.17, 15) is 19.5 Å². The van der Waals surface area contributed by atoms with Crippen molar-refractivity contribution in [3.63, 3.8) is 0 Å². The molecule has 1 amide bonds. The molecule has 0 saturated carbocycles. The van der Waals surface area contributed by atoms with Gasteiger partial charge in [0.1, 0.15) is 12.4 Å². The summed E-state index contributed by atoms with van der Waals surface area (Å²) in [6.07, 6.45) is 1.16. The zero-order valence-electron chi connectivity index (χ0n) is 16.2. The Morgan fingerprint density at radius 1 is 1.10 bits per heavy atom. The van der Waals surface area contributed by atoms with Crippen LogP contribution in [-0.4, -0.2) is 46.2 Å². The number of carboxylic acids is 1. The Morgan fingerprint density at radius 2 is 1.73 bits per heavy atom. The van der Waals surface area contributed by atoms with Gasteiger partial charge in [0.25, 0.3) is 0 Å². The highest BCUT2D eigenvalue weighted by atomic mass is 16.5. The van der Waals surface area contributed by atoms with E-state index in [0.717, 1.165) is 11.1 Å². The Bertz CT molecular complexity index is 987. The molecule has 1 N–H and O–H groups in total. The second kappa shape index (κ2) is 8.02. The van der Waals surface area contributed by atoms with Crippen molar-refractivity contribution >= 4 is 17.8 Å². The van der Waals surface area contributed by atoms with Crippen LogP contribution in [0.3, 0.4) is 0 Å². The van der Waals surface area contributed by atoms with Gasteiger partial charge in [-0.05, 0) is 17.2 Å². The van der Waals surface area contributed by atoms with Gasteiger partial charge in [-0.1, -0.05) is 60.7 Å². The summed E-state index contributed by atoms with van der Waals surface area (Å²) in [6, 6.07) is 18.3. The van der Waals surface area contributed by atoms with Crippen molar-refractivity contribution in [2.45, 2.75) is 31.0 Å². The largest absolute Gasteiger partial charge is 0.479 e. The number of hydrogen-bond donors (Lipinski definition) is 1. The Hall–Kier alpha value is -3.61. The normalized spacial score (nSPS) is 23.5. The van der Waals surface area contributed by atoms with Crippen molar-refractivity contribution in [2.24, 2.45) is 0 Å². The summed E-state index contributed by atoms with van der Waals surface area (Å²) < 4.78 is 11.0. The van der Waals surface area contributed by atoms with Gasteiger partial charge in [0.2, 0.25) is 11.4 Å². The third kappa shape index (κ3) is 3.54. The molecule has 30 heavy (non-hydrogen) atoms. The molecule has 2 aromatic carbocycles. The Balaban J connectivity index is 1.53. The summed E-state index contributed by atoms with van der Waals surface area (Å²) >= 11 is 0. The molecule has 2 heterocycles. The topological polar surface area (TPSA) is 93.1 Å². The summed E-state index contributed by atoms with van der Waals surface area (Å²) in [5.41, 5.74) is -0.0606. The number of nitrogens with zero attached hydrogens (tertiary/aromatic N) is 1. The van der Waals surface area contributed by atoms with Crippen molar-refractivity contribution in [1.29, 1.82) is 0 Å². The van der Waals surface area contributed by atoms with E-state index in [2.05, 4.69) is 0 Å². The van der Waals surface area contributed by atoms with E-state index in [-0.39, 0.29) is 37.5 Å². The van der Waals surface area contributed by atoms with Crippen molar-refractivity contribution in [3.05, 3.63) is 83.6 Å². The third-order valence-corrected chi connectivity index (χ3v) is 5.35. The number of aliphatic carboxylic acids is 1. The smallest absolute Gasteiger partial charge is 0.338 e. The zero-order chi connectivity index (χ0) is 21.1. The van der Waals surface area contributed by atoms with Crippen molar-refractivity contribution in [1.82, 2.24) is 4.90 Å². The molecule has 2 aromatic rings. The van der Waals surface area contributed by atoms with Gasteiger partial charge in [-0.25, -0.2) is 4.79 Å². The van der Waals surface area contributed by atoms with Gasteiger partial charge in [0.05, 0.1) is 12.8 Å². The minimum absolute atomic E-state index is 0.0647. The predicted octanol–water partition coefficient (Wildman–Crippen LogP) is 2.31. The highest BCUT2D eigenvalue weighted by molar-refractivity contribution is 5.94. The number of carboxylic acid groups (broad SMARTS) is 1. The summed E-state index contributed by atoms with van der Waals surface area (Å²) in [5, 5.41) is 10.1. The van der Waals surface area contributed by atoms with Crippen molar-refractivity contribution in [3.8, 4) is 0 Å². The fourth-order valence-corrected chi connectivity index (χ4v) is 3.89. The number of carbonyl (C=O) groups excluding carboxylic acids is 2. The van der Waals surface area contributed by atoms with Gasteiger partial charge in [0, 0.05) is 6.42 Å². The van der Waals surface area contributed by atoms with E-state index in [1.807, 2.05) is 48.5 Å². The van der Waals surface area contributed by atoms with Crippen LogP contribution in [0.4, 0.5) is 0 Å². The van der Waals surface area contributed by atoms with Crippen LogP contribution in [-0.2, 0) is 36.7 Å². The molecule has 7 nitrogen and oxygen atoms in total. The van der Waals surface area contributed by atoms with Crippen LogP contribution in [0, 0.1) is 0 Å². The minimum Gasteiger partial charge on any atom is -0.479 e. The number of esters is 1. The van der Waals surface area contributed by atoms with E-state index in [1.54, 1.807) is 12.1 Å². The monoisotopic (exact) mass is 407 g/mol. The number of β-lactam (4-membered cyclic amide) rings is 1. The summed E-state index contributed by atoms with van der Waals surface area (Å²) in [4.78, 5) is 38.0. The fraction of sp³-hybridized carbons (Fsp3) is 0.261. The van der Waals surface area contributed by atoms with Crippen LogP contribution < -0.4 is 0 Å². The minimum atomic E-state index is -1.65. The molecule has 0 aliphatic carbocycles. The SMILES string of the molecule is O=C(Cc1ccccc1)OC/C=C1\O[C@@H]2CC(=O)N2[C@@]1(Cc1ccccc1)C(=O)O. The van der Waals surface area contributed by atoms with E-state index in [0.29, 0.717) is 0 Å². The Kier molecular flexibility index (Phi) is 5.27. The third-order valence-electron chi connectivity index (χ3n) is 5.35. The average molecular weight is 407 g/mol. The number of rotatable bonds is 7. The number of amides is 1. The number of ether oxygens (including phenoxy) is 2. The highest BCUT2D eigenvalue weighted by Crippen LogP contribution is 2.46. The van der Waals surface area contributed by atoms with E-state index in [1.165, 1.54) is 11.0 Å². The molecule has 0 spiro atoms. The van der Waals surface area contributed by atoms with Gasteiger partial charge in [0.15, 0.2) is 6.23 Å². The number of hydrogen-bond acceptors (Lipinski definition) is 5. The Morgan fingerprint density at radius 3 is 2.33 bits per heavy atom. The molecular formula is C23H21NO6. The molecule has 0 unspecified atom stereocenters. The lowest BCUT2D eigenvalue weighted by Gasteiger charge is -2.40. The second-order valence-electron chi connectivity index (χ2n) is 7.28. The number of benzene rings is 2. The summed E-state index contributed by atoms with van der Waals surface area (Å²) in [5.74, 6) is -1.76. The first kappa shape index (κ1) is 19.7. The van der Waals surface area contributed by atoms with E-state index < -0.39 is 23.7 Å².